The van der Waals surface area contributed by atoms with E-state index in [9.17, 15) is 19.0 Å². The van der Waals surface area contributed by atoms with Crippen LogP contribution in [0.3, 0.4) is 0 Å². The highest BCUT2D eigenvalue weighted by Gasteiger charge is 2.26. The van der Waals surface area contributed by atoms with E-state index < -0.39 is 32.5 Å². The number of ether oxygens (including phenoxy) is 2. The van der Waals surface area contributed by atoms with Crippen molar-refractivity contribution >= 4 is 19.8 Å². The normalized spacial score (nSPS) is 14.4. The van der Waals surface area contributed by atoms with E-state index in [0.29, 0.717) is 19.3 Å². The largest absolute Gasteiger partial charge is 0.472 e. The molecule has 10 heteroatoms. The van der Waals surface area contributed by atoms with E-state index in [0.717, 1.165) is 109 Å². The highest BCUT2D eigenvalue weighted by atomic mass is 31.2. The third-order valence-corrected chi connectivity index (χ3v) is 11.4. The van der Waals surface area contributed by atoms with Gasteiger partial charge in [-0.25, -0.2) is 4.57 Å². The van der Waals surface area contributed by atoms with Gasteiger partial charge < -0.3 is 20.1 Å². The molecule has 0 aliphatic carbocycles. The summed E-state index contributed by atoms with van der Waals surface area (Å²) in [5.41, 5.74) is 5.37. The molecule has 0 saturated carbocycles. The Morgan fingerprint density at radius 1 is 0.423 bits per heavy atom. The molecule has 398 valence electrons. The molecule has 0 aromatic carbocycles. The third-order valence-electron chi connectivity index (χ3n) is 10.4. The standard InChI is InChI=1S/C61H96NO8P/c1-3-5-7-9-11-13-15-17-19-21-23-25-26-27-28-29-30-31-32-34-36-38-40-42-44-46-48-50-52-54-61(64)70-59(58-69-71(65,66)68-56-55-62)57-67-60(63)53-51-49-47-45-43-41-39-37-35-33-24-22-20-18-16-14-12-10-8-6-4-2/h5-8,11-14,17-20,23-25,27-28,30-31,33-34,36,40,42,46,48,59H,3-4,9-10,15-16,21-22,26,29,32,35,37-39,41,43-45,47,49-58,62H2,1-2H3,(H,65,66)/b7-5-,8-6-,13-11-,14-12-,19-17-,20-18-,25-23-,28-27-,31-30-,33-24-,36-34-,42-40-,48-46-. The number of nitrogens with two attached hydrogens (primary N) is 1. The number of carbonyl (C=O) groups excluding carboxylic acids is 2. The average molecular weight is 1000 g/mol. The van der Waals surface area contributed by atoms with Crippen LogP contribution in [0.4, 0.5) is 0 Å². The number of phosphoric ester groups is 1. The first-order valence-corrected chi connectivity index (χ1v) is 28.5. The number of carbonyl (C=O) groups is 2. The Kier molecular flexibility index (Phi) is 51.6. The quantitative estimate of drug-likeness (QED) is 0.0264. The van der Waals surface area contributed by atoms with Crippen molar-refractivity contribution in [2.45, 2.75) is 187 Å². The highest BCUT2D eigenvalue weighted by molar-refractivity contribution is 7.47. The van der Waals surface area contributed by atoms with Gasteiger partial charge in [-0.3, -0.25) is 18.6 Å². The van der Waals surface area contributed by atoms with Crippen molar-refractivity contribution in [2.75, 3.05) is 26.4 Å². The smallest absolute Gasteiger partial charge is 0.462 e. The fourth-order valence-corrected chi connectivity index (χ4v) is 7.27. The molecule has 71 heavy (non-hydrogen) atoms. The molecule has 0 aromatic heterocycles. The highest BCUT2D eigenvalue weighted by Crippen LogP contribution is 2.43. The molecule has 3 N–H and O–H groups in total. The molecular formula is C61H96NO8P. The van der Waals surface area contributed by atoms with Crippen LogP contribution in [-0.4, -0.2) is 49.3 Å². The van der Waals surface area contributed by atoms with E-state index >= 15 is 0 Å². The molecule has 0 spiro atoms. The van der Waals surface area contributed by atoms with Crippen LogP contribution in [0.2, 0.25) is 0 Å². The van der Waals surface area contributed by atoms with Gasteiger partial charge in [0.2, 0.25) is 0 Å². The number of hydrogen-bond acceptors (Lipinski definition) is 8. The Morgan fingerprint density at radius 3 is 1.13 bits per heavy atom. The van der Waals surface area contributed by atoms with E-state index in [-0.39, 0.29) is 32.6 Å². The zero-order valence-corrected chi connectivity index (χ0v) is 45.0. The summed E-state index contributed by atoms with van der Waals surface area (Å²) in [6.07, 6.45) is 80.0. The SMILES string of the molecule is CC/C=C\C/C=C\C/C=C\C/C=C\C/C=C\C/C=C\C/C=C\C/C=C\C/C=C\CCCC(=O)OC(COC(=O)CCCCCCCCCC/C=C\C/C=C\C/C=C\C/C=C\CC)COP(=O)(O)OCCN. The van der Waals surface area contributed by atoms with E-state index in [1.165, 1.54) is 25.7 Å². The third kappa shape index (κ3) is 54.8. The molecule has 0 rings (SSSR count). The minimum absolute atomic E-state index is 0.0333. The van der Waals surface area contributed by atoms with Crippen LogP contribution in [0.1, 0.15) is 181 Å². The van der Waals surface area contributed by atoms with Crippen LogP contribution >= 0.6 is 7.82 Å². The summed E-state index contributed by atoms with van der Waals surface area (Å²) in [5.74, 6) is -0.922. The van der Waals surface area contributed by atoms with Crippen LogP contribution in [0.5, 0.6) is 0 Å². The number of phosphoric acid groups is 1. The van der Waals surface area contributed by atoms with Gasteiger partial charge in [-0.2, -0.15) is 0 Å². The maximum atomic E-state index is 12.7. The zero-order chi connectivity index (χ0) is 51.7. The van der Waals surface area contributed by atoms with E-state index in [1.807, 2.05) is 6.08 Å². The topological polar surface area (TPSA) is 134 Å². The fraction of sp³-hybridized carbons (Fsp3) is 0.541. The van der Waals surface area contributed by atoms with Crippen molar-refractivity contribution in [3.8, 4) is 0 Å². The van der Waals surface area contributed by atoms with Crippen molar-refractivity contribution in [3.63, 3.8) is 0 Å². The molecule has 2 unspecified atom stereocenters. The van der Waals surface area contributed by atoms with Gasteiger partial charge in [-0.15, -0.1) is 0 Å². The van der Waals surface area contributed by atoms with Gasteiger partial charge in [-0.1, -0.05) is 210 Å². The molecule has 0 heterocycles. The molecule has 0 aliphatic heterocycles. The Hall–Kier alpha value is -4.37. The molecule has 0 fully saturated rings. The second-order valence-electron chi connectivity index (χ2n) is 17.0. The van der Waals surface area contributed by atoms with Gasteiger partial charge in [0, 0.05) is 19.4 Å². The second-order valence-corrected chi connectivity index (χ2v) is 18.4. The first-order valence-electron chi connectivity index (χ1n) is 27.0. The predicted molar refractivity (Wildman–Crippen MR) is 302 cm³/mol. The summed E-state index contributed by atoms with van der Waals surface area (Å²) in [5, 5.41) is 0. The van der Waals surface area contributed by atoms with Gasteiger partial charge in [0.15, 0.2) is 6.10 Å². The molecular weight excluding hydrogens is 906 g/mol. The summed E-state index contributed by atoms with van der Waals surface area (Å²) in [6, 6.07) is 0. The van der Waals surface area contributed by atoms with E-state index in [2.05, 4.69) is 166 Å². The minimum Gasteiger partial charge on any atom is -0.462 e. The van der Waals surface area contributed by atoms with E-state index in [1.54, 1.807) is 0 Å². The van der Waals surface area contributed by atoms with Crippen molar-refractivity contribution in [1.82, 2.24) is 0 Å². The Labute approximate surface area is 432 Å². The van der Waals surface area contributed by atoms with Crippen molar-refractivity contribution in [2.24, 2.45) is 5.73 Å². The molecule has 0 amide bonds. The first-order chi connectivity index (χ1) is 34.8. The van der Waals surface area contributed by atoms with Crippen LogP contribution in [0.25, 0.3) is 0 Å². The number of unbranched alkanes of at least 4 members (excludes halogenated alkanes) is 9. The molecule has 2 atom stereocenters. The fourth-order valence-electron chi connectivity index (χ4n) is 6.51. The Bertz CT molecular complexity index is 1710. The molecule has 0 aromatic rings. The lowest BCUT2D eigenvalue weighted by Crippen LogP contribution is -2.29. The molecule has 0 bridgehead atoms. The van der Waals surface area contributed by atoms with Gasteiger partial charge >= 0.3 is 19.8 Å². The van der Waals surface area contributed by atoms with Gasteiger partial charge in [0.05, 0.1) is 13.2 Å². The molecule has 0 saturated heterocycles. The van der Waals surface area contributed by atoms with Gasteiger partial charge in [-0.05, 0) is 116 Å². The monoisotopic (exact) mass is 1000 g/mol. The number of allylic oxidation sites excluding steroid dienone is 26. The van der Waals surface area contributed by atoms with Crippen LogP contribution in [0, 0.1) is 0 Å². The lowest BCUT2D eigenvalue weighted by atomic mass is 10.1. The van der Waals surface area contributed by atoms with Crippen molar-refractivity contribution in [1.29, 1.82) is 0 Å². The summed E-state index contributed by atoms with van der Waals surface area (Å²) >= 11 is 0. The van der Waals surface area contributed by atoms with Crippen molar-refractivity contribution in [3.05, 3.63) is 158 Å². The summed E-state index contributed by atoms with van der Waals surface area (Å²) in [4.78, 5) is 35.1. The first kappa shape index (κ1) is 66.6. The maximum absolute atomic E-state index is 12.7. The maximum Gasteiger partial charge on any atom is 0.472 e. The van der Waals surface area contributed by atoms with Gasteiger partial charge in [0.25, 0.3) is 0 Å². The number of rotatable bonds is 48. The minimum atomic E-state index is -4.42. The van der Waals surface area contributed by atoms with Gasteiger partial charge in [0.1, 0.15) is 6.61 Å². The predicted octanol–water partition coefficient (Wildman–Crippen LogP) is 16.9. The van der Waals surface area contributed by atoms with Crippen molar-refractivity contribution < 1.29 is 37.6 Å². The summed E-state index contributed by atoms with van der Waals surface area (Å²) in [7, 11) is -4.42. The number of esters is 2. The Balaban J connectivity index is 4.21. The van der Waals surface area contributed by atoms with Crippen LogP contribution in [-0.2, 0) is 32.7 Å². The lowest BCUT2D eigenvalue weighted by Gasteiger charge is -2.19. The zero-order valence-electron chi connectivity index (χ0n) is 44.1. The molecule has 9 nitrogen and oxygen atoms in total. The lowest BCUT2D eigenvalue weighted by molar-refractivity contribution is -0.161. The second kappa shape index (κ2) is 55.0. The molecule has 0 radical (unpaired) electrons. The van der Waals surface area contributed by atoms with E-state index in [4.69, 9.17) is 24.3 Å². The number of hydrogen-bond donors (Lipinski definition) is 2. The van der Waals surface area contributed by atoms with Crippen LogP contribution in [0.15, 0.2) is 158 Å². The van der Waals surface area contributed by atoms with Crippen LogP contribution < -0.4 is 5.73 Å². The summed E-state index contributed by atoms with van der Waals surface area (Å²) in [6.45, 7) is 3.41. The Morgan fingerprint density at radius 2 is 0.746 bits per heavy atom. The summed E-state index contributed by atoms with van der Waals surface area (Å²) < 4.78 is 32.9. The molecule has 0 aliphatic rings. The average Bonchev–Trinajstić information content (AvgIpc) is 3.36.